The fourth-order valence-corrected chi connectivity index (χ4v) is 3.15. The summed E-state index contributed by atoms with van der Waals surface area (Å²) >= 11 is 0. The van der Waals surface area contributed by atoms with Gasteiger partial charge in [0.15, 0.2) is 0 Å². The van der Waals surface area contributed by atoms with Gasteiger partial charge in [-0.1, -0.05) is 24.8 Å². The summed E-state index contributed by atoms with van der Waals surface area (Å²) in [5.74, 6) is 6.44. The molecule has 1 aliphatic rings. The molecule has 0 spiro atoms. The van der Waals surface area contributed by atoms with E-state index >= 15 is 0 Å². The molecule has 2 rings (SSSR count). The minimum atomic E-state index is -0.131. The van der Waals surface area contributed by atoms with Gasteiger partial charge in [-0.3, -0.25) is 4.90 Å². The molecule has 1 saturated heterocycles. The minimum absolute atomic E-state index is 0.131. The maximum Gasteiger partial charge on any atom is 0.134 e. The molecule has 3 heteroatoms. The standard InChI is InChI=1S/C18H25NO2/c1-4-17-9-7-14(2)19(17)13-15-8-10-18(21-3)16(12-15)6-5-11-20/h8,10,12,14,17,20H,4,7,9,11,13H2,1-3H3. The van der Waals surface area contributed by atoms with Gasteiger partial charge in [-0.15, -0.1) is 0 Å². The number of hydrogen-bond donors (Lipinski definition) is 1. The zero-order valence-corrected chi connectivity index (χ0v) is 13.2. The molecule has 0 aliphatic carbocycles. The van der Waals surface area contributed by atoms with Crippen molar-refractivity contribution in [1.82, 2.24) is 4.90 Å². The predicted molar refractivity (Wildman–Crippen MR) is 85.3 cm³/mol. The van der Waals surface area contributed by atoms with Gasteiger partial charge in [0.05, 0.1) is 12.7 Å². The largest absolute Gasteiger partial charge is 0.495 e. The van der Waals surface area contributed by atoms with Crippen LogP contribution in [0.3, 0.4) is 0 Å². The highest BCUT2D eigenvalue weighted by atomic mass is 16.5. The lowest BCUT2D eigenvalue weighted by molar-refractivity contribution is 0.189. The van der Waals surface area contributed by atoms with E-state index in [9.17, 15) is 0 Å². The summed E-state index contributed by atoms with van der Waals surface area (Å²) in [5.41, 5.74) is 2.11. The fourth-order valence-electron chi connectivity index (χ4n) is 3.15. The van der Waals surface area contributed by atoms with Gasteiger partial charge in [-0.25, -0.2) is 0 Å². The highest BCUT2D eigenvalue weighted by Crippen LogP contribution is 2.29. The lowest BCUT2D eigenvalue weighted by Gasteiger charge is -2.27. The highest BCUT2D eigenvalue weighted by Gasteiger charge is 2.29. The number of nitrogens with zero attached hydrogens (tertiary/aromatic N) is 1. The van der Waals surface area contributed by atoms with Crippen LogP contribution < -0.4 is 4.74 Å². The summed E-state index contributed by atoms with van der Waals surface area (Å²) in [5, 5.41) is 8.87. The zero-order chi connectivity index (χ0) is 15.2. The first kappa shape index (κ1) is 15.9. The molecule has 0 bridgehead atoms. The molecule has 1 aromatic rings. The van der Waals surface area contributed by atoms with Crippen LogP contribution in [0.25, 0.3) is 0 Å². The van der Waals surface area contributed by atoms with E-state index in [0.29, 0.717) is 12.1 Å². The van der Waals surface area contributed by atoms with Crippen molar-refractivity contribution in [2.75, 3.05) is 13.7 Å². The summed E-state index contributed by atoms with van der Waals surface area (Å²) in [4.78, 5) is 2.59. The molecule has 2 atom stereocenters. The summed E-state index contributed by atoms with van der Waals surface area (Å²) in [6.45, 7) is 5.40. The van der Waals surface area contributed by atoms with E-state index < -0.39 is 0 Å². The fraction of sp³-hybridized carbons (Fsp3) is 0.556. The van der Waals surface area contributed by atoms with E-state index in [0.717, 1.165) is 17.9 Å². The zero-order valence-electron chi connectivity index (χ0n) is 13.2. The Morgan fingerprint density at radius 3 is 2.86 bits per heavy atom. The van der Waals surface area contributed by atoms with Crippen LogP contribution in [-0.2, 0) is 6.54 Å². The first-order valence-corrected chi connectivity index (χ1v) is 7.72. The molecule has 21 heavy (non-hydrogen) atoms. The molecule has 1 N–H and O–H groups in total. The van der Waals surface area contributed by atoms with Gasteiger partial charge >= 0.3 is 0 Å². The van der Waals surface area contributed by atoms with E-state index in [1.807, 2.05) is 6.07 Å². The van der Waals surface area contributed by atoms with Crippen LogP contribution >= 0.6 is 0 Å². The summed E-state index contributed by atoms with van der Waals surface area (Å²) < 4.78 is 5.33. The molecule has 0 radical (unpaired) electrons. The van der Waals surface area contributed by atoms with E-state index in [2.05, 4.69) is 42.7 Å². The topological polar surface area (TPSA) is 32.7 Å². The van der Waals surface area contributed by atoms with Crippen LogP contribution in [0.15, 0.2) is 18.2 Å². The molecular formula is C18H25NO2. The summed E-state index contributed by atoms with van der Waals surface area (Å²) in [6.07, 6.45) is 3.79. The molecule has 1 aliphatic heterocycles. The van der Waals surface area contributed by atoms with Crippen LogP contribution in [0.5, 0.6) is 5.75 Å². The Balaban J connectivity index is 2.20. The third kappa shape index (κ3) is 3.78. The van der Waals surface area contributed by atoms with Crippen molar-refractivity contribution < 1.29 is 9.84 Å². The van der Waals surface area contributed by atoms with Gasteiger partial charge in [0.2, 0.25) is 0 Å². The SMILES string of the molecule is CCC1CCC(C)N1Cc1ccc(OC)c(C#CCO)c1. The molecule has 0 saturated carbocycles. The van der Waals surface area contributed by atoms with E-state index in [1.165, 1.54) is 24.8 Å². The first-order valence-electron chi connectivity index (χ1n) is 7.72. The van der Waals surface area contributed by atoms with Crippen LogP contribution in [0.2, 0.25) is 0 Å². The number of hydrogen-bond acceptors (Lipinski definition) is 3. The van der Waals surface area contributed by atoms with Crippen LogP contribution in [0, 0.1) is 11.8 Å². The maximum atomic E-state index is 8.87. The molecule has 3 nitrogen and oxygen atoms in total. The Morgan fingerprint density at radius 2 is 2.19 bits per heavy atom. The van der Waals surface area contributed by atoms with Crippen molar-refractivity contribution in [3.05, 3.63) is 29.3 Å². The van der Waals surface area contributed by atoms with Gasteiger partial charge in [0, 0.05) is 18.6 Å². The normalized spacial score (nSPS) is 21.9. The van der Waals surface area contributed by atoms with Crippen molar-refractivity contribution in [3.63, 3.8) is 0 Å². The smallest absolute Gasteiger partial charge is 0.134 e. The highest BCUT2D eigenvalue weighted by molar-refractivity contribution is 5.48. The average Bonchev–Trinajstić information content (AvgIpc) is 2.86. The number of ether oxygens (including phenoxy) is 1. The molecule has 0 aromatic heterocycles. The van der Waals surface area contributed by atoms with Gasteiger partial charge in [0.25, 0.3) is 0 Å². The molecule has 1 fully saturated rings. The lowest BCUT2D eigenvalue weighted by Crippen LogP contribution is -2.33. The number of rotatable bonds is 4. The van der Waals surface area contributed by atoms with Gasteiger partial charge < -0.3 is 9.84 Å². The van der Waals surface area contributed by atoms with Crippen molar-refractivity contribution in [2.45, 2.75) is 51.7 Å². The molecular weight excluding hydrogens is 262 g/mol. The maximum absolute atomic E-state index is 8.87. The van der Waals surface area contributed by atoms with E-state index in [-0.39, 0.29) is 6.61 Å². The number of aliphatic hydroxyl groups excluding tert-OH is 1. The quantitative estimate of drug-likeness (QED) is 0.864. The Morgan fingerprint density at radius 1 is 1.38 bits per heavy atom. The van der Waals surface area contributed by atoms with Crippen molar-refractivity contribution >= 4 is 0 Å². The molecule has 2 unspecified atom stereocenters. The minimum Gasteiger partial charge on any atom is -0.495 e. The van der Waals surface area contributed by atoms with Crippen molar-refractivity contribution in [3.8, 4) is 17.6 Å². The number of benzene rings is 1. The Bertz CT molecular complexity index is 530. The van der Waals surface area contributed by atoms with Crippen LogP contribution in [-0.4, -0.2) is 35.8 Å². The number of aliphatic hydroxyl groups is 1. The molecule has 1 aromatic carbocycles. The Labute approximate surface area is 127 Å². The second kappa shape index (κ2) is 7.49. The van der Waals surface area contributed by atoms with Crippen LogP contribution in [0.4, 0.5) is 0 Å². The Hall–Kier alpha value is -1.50. The molecule has 0 amide bonds. The monoisotopic (exact) mass is 287 g/mol. The van der Waals surface area contributed by atoms with Gasteiger partial charge in [-0.2, -0.15) is 0 Å². The molecule has 114 valence electrons. The van der Waals surface area contributed by atoms with Gasteiger partial charge in [-0.05, 0) is 43.9 Å². The van der Waals surface area contributed by atoms with Gasteiger partial charge in [0.1, 0.15) is 12.4 Å². The number of likely N-dealkylation sites (tertiary alicyclic amines) is 1. The average molecular weight is 287 g/mol. The predicted octanol–water partition coefficient (Wildman–Crippen LogP) is 2.80. The van der Waals surface area contributed by atoms with Crippen LogP contribution in [0.1, 0.15) is 44.2 Å². The summed E-state index contributed by atoms with van der Waals surface area (Å²) in [6, 6.07) is 7.50. The summed E-state index contributed by atoms with van der Waals surface area (Å²) in [7, 11) is 1.65. The third-order valence-corrected chi connectivity index (χ3v) is 4.36. The molecule has 1 heterocycles. The Kier molecular flexibility index (Phi) is 5.67. The third-order valence-electron chi connectivity index (χ3n) is 4.36. The second-order valence-electron chi connectivity index (χ2n) is 5.66. The second-order valence-corrected chi connectivity index (χ2v) is 5.66. The van der Waals surface area contributed by atoms with E-state index in [4.69, 9.17) is 9.84 Å². The van der Waals surface area contributed by atoms with Crippen molar-refractivity contribution in [2.24, 2.45) is 0 Å². The van der Waals surface area contributed by atoms with E-state index in [1.54, 1.807) is 7.11 Å². The number of methoxy groups -OCH3 is 1. The first-order chi connectivity index (χ1) is 10.2. The lowest BCUT2D eigenvalue weighted by atomic mass is 10.1. The van der Waals surface area contributed by atoms with Crippen molar-refractivity contribution in [1.29, 1.82) is 0 Å².